The van der Waals surface area contributed by atoms with Crippen LogP contribution in [-0.4, -0.2) is 12.6 Å². The molecule has 0 aliphatic carbocycles. The third kappa shape index (κ3) is 3.88. The molecule has 0 N–H and O–H groups in total. The van der Waals surface area contributed by atoms with Crippen molar-refractivity contribution >= 4 is 16.9 Å². The molecular formula is C20H18O5. The van der Waals surface area contributed by atoms with E-state index in [1.807, 2.05) is 26.8 Å². The van der Waals surface area contributed by atoms with Crippen molar-refractivity contribution in [2.45, 2.75) is 20.8 Å². The van der Waals surface area contributed by atoms with Gasteiger partial charge in [-0.05, 0) is 61.7 Å². The van der Waals surface area contributed by atoms with E-state index < -0.39 is 11.6 Å². The number of benzene rings is 2. The maximum atomic E-state index is 11.9. The molecule has 5 heteroatoms. The van der Waals surface area contributed by atoms with Gasteiger partial charge in [-0.25, -0.2) is 9.59 Å². The highest BCUT2D eigenvalue weighted by atomic mass is 16.6. The smallest absolute Gasteiger partial charge is 0.349 e. The van der Waals surface area contributed by atoms with Gasteiger partial charge in [-0.3, -0.25) is 0 Å². The number of rotatable bonds is 4. The van der Waals surface area contributed by atoms with Gasteiger partial charge in [-0.1, -0.05) is 6.07 Å². The fourth-order valence-electron chi connectivity index (χ4n) is 2.48. The second-order valence-electron chi connectivity index (χ2n) is 5.92. The highest BCUT2D eigenvalue weighted by Gasteiger charge is 2.09. The third-order valence-electron chi connectivity index (χ3n) is 3.99. The first-order chi connectivity index (χ1) is 11.9. The van der Waals surface area contributed by atoms with Crippen LogP contribution < -0.4 is 15.1 Å². The number of carbonyl (C=O) groups is 1. The van der Waals surface area contributed by atoms with Crippen molar-refractivity contribution in [3.63, 3.8) is 0 Å². The summed E-state index contributed by atoms with van der Waals surface area (Å²) in [5.74, 6) is 0.407. The second-order valence-corrected chi connectivity index (χ2v) is 5.92. The van der Waals surface area contributed by atoms with E-state index in [0.717, 1.165) is 22.1 Å². The summed E-state index contributed by atoms with van der Waals surface area (Å²) in [4.78, 5) is 23.4. The summed E-state index contributed by atoms with van der Waals surface area (Å²) in [6.45, 7) is 5.53. The molecule has 0 radical (unpaired) electrons. The molecule has 0 atom stereocenters. The Morgan fingerprint density at radius 3 is 2.44 bits per heavy atom. The Morgan fingerprint density at radius 2 is 1.68 bits per heavy atom. The monoisotopic (exact) mass is 338 g/mol. The molecule has 25 heavy (non-hydrogen) atoms. The number of ether oxygens (including phenoxy) is 2. The quantitative estimate of drug-likeness (QED) is 0.412. The van der Waals surface area contributed by atoms with Crippen molar-refractivity contribution in [3.05, 3.63) is 69.6 Å². The molecule has 5 nitrogen and oxygen atoms in total. The molecule has 1 heterocycles. The minimum Gasteiger partial charge on any atom is -0.482 e. The summed E-state index contributed by atoms with van der Waals surface area (Å²) in [7, 11) is 0. The topological polar surface area (TPSA) is 65.7 Å². The largest absolute Gasteiger partial charge is 0.482 e. The second kappa shape index (κ2) is 6.81. The number of fused-ring (bicyclic) bond motifs is 1. The third-order valence-corrected chi connectivity index (χ3v) is 3.99. The summed E-state index contributed by atoms with van der Waals surface area (Å²) in [5.41, 5.74) is 3.00. The lowest BCUT2D eigenvalue weighted by molar-refractivity contribution is -0.136. The van der Waals surface area contributed by atoms with Crippen LogP contribution in [0.1, 0.15) is 16.7 Å². The van der Waals surface area contributed by atoms with Crippen LogP contribution in [0.25, 0.3) is 11.0 Å². The number of carbonyl (C=O) groups excluding carboxylic acids is 1. The van der Waals surface area contributed by atoms with Crippen LogP contribution in [0.5, 0.6) is 11.5 Å². The molecule has 0 saturated heterocycles. The molecule has 128 valence electrons. The Hall–Kier alpha value is -3.08. The average molecular weight is 338 g/mol. The Balaban J connectivity index is 1.68. The van der Waals surface area contributed by atoms with Gasteiger partial charge in [-0.2, -0.15) is 0 Å². The summed E-state index contributed by atoms with van der Waals surface area (Å²) < 4.78 is 15.9. The molecular weight excluding hydrogens is 320 g/mol. The van der Waals surface area contributed by atoms with Crippen molar-refractivity contribution in [1.29, 1.82) is 0 Å². The van der Waals surface area contributed by atoms with E-state index in [4.69, 9.17) is 13.9 Å². The molecule has 0 aliphatic heterocycles. The minimum absolute atomic E-state index is 0.242. The number of hydrogen-bond acceptors (Lipinski definition) is 5. The summed E-state index contributed by atoms with van der Waals surface area (Å²) >= 11 is 0. The molecule has 2 aromatic carbocycles. The van der Waals surface area contributed by atoms with Gasteiger partial charge in [0.1, 0.15) is 17.1 Å². The van der Waals surface area contributed by atoms with Crippen molar-refractivity contribution in [2.75, 3.05) is 6.61 Å². The maximum absolute atomic E-state index is 11.9. The van der Waals surface area contributed by atoms with Crippen LogP contribution in [0.4, 0.5) is 0 Å². The molecule has 0 saturated carbocycles. The number of aryl methyl sites for hydroxylation is 3. The lowest BCUT2D eigenvalue weighted by Gasteiger charge is -2.09. The van der Waals surface area contributed by atoms with Crippen LogP contribution >= 0.6 is 0 Å². The van der Waals surface area contributed by atoms with Gasteiger partial charge in [0, 0.05) is 17.5 Å². The standard InChI is InChI=1S/C20H18O5/c1-12-4-5-16(8-13(12)2)24-20(22)11-23-15-6-7-17-14(3)9-19(21)25-18(17)10-15/h4-10H,11H2,1-3H3. The first-order valence-electron chi connectivity index (χ1n) is 7.87. The summed E-state index contributed by atoms with van der Waals surface area (Å²) in [6, 6.07) is 12.0. The van der Waals surface area contributed by atoms with Crippen LogP contribution in [0, 0.1) is 20.8 Å². The van der Waals surface area contributed by atoms with Crippen LogP contribution in [0.3, 0.4) is 0 Å². The van der Waals surface area contributed by atoms with E-state index in [9.17, 15) is 9.59 Å². The zero-order valence-electron chi connectivity index (χ0n) is 14.3. The van der Waals surface area contributed by atoms with Gasteiger partial charge in [0.15, 0.2) is 6.61 Å². The molecule has 3 rings (SSSR count). The molecule has 0 fully saturated rings. The van der Waals surface area contributed by atoms with Crippen LogP contribution in [-0.2, 0) is 4.79 Å². The number of esters is 1. The van der Waals surface area contributed by atoms with Crippen LogP contribution in [0.2, 0.25) is 0 Å². The predicted molar refractivity (Wildman–Crippen MR) is 94.3 cm³/mol. The minimum atomic E-state index is -0.506. The van der Waals surface area contributed by atoms with Gasteiger partial charge in [0.25, 0.3) is 0 Å². The molecule has 1 aromatic heterocycles. The zero-order valence-corrected chi connectivity index (χ0v) is 14.3. The first-order valence-corrected chi connectivity index (χ1v) is 7.87. The van der Waals surface area contributed by atoms with Crippen molar-refractivity contribution in [2.24, 2.45) is 0 Å². The van der Waals surface area contributed by atoms with Gasteiger partial charge < -0.3 is 13.9 Å². The normalized spacial score (nSPS) is 10.7. The van der Waals surface area contributed by atoms with Crippen molar-refractivity contribution in [3.8, 4) is 11.5 Å². The molecule has 0 unspecified atom stereocenters. The highest BCUT2D eigenvalue weighted by molar-refractivity contribution is 5.81. The van der Waals surface area contributed by atoms with Crippen LogP contribution in [0.15, 0.2) is 51.7 Å². The van der Waals surface area contributed by atoms with Crippen molar-refractivity contribution in [1.82, 2.24) is 0 Å². The van der Waals surface area contributed by atoms with Gasteiger partial charge >= 0.3 is 11.6 Å². The Kier molecular flexibility index (Phi) is 4.57. The first kappa shape index (κ1) is 16.8. The molecule has 3 aromatic rings. The fraction of sp³-hybridized carbons (Fsp3) is 0.200. The zero-order chi connectivity index (χ0) is 18.0. The molecule has 0 aliphatic rings. The molecule has 0 amide bonds. The SMILES string of the molecule is Cc1ccc(OC(=O)COc2ccc3c(C)cc(=O)oc3c2)cc1C. The van der Waals surface area contributed by atoms with E-state index in [1.165, 1.54) is 6.07 Å². The maximum Gasteiger partial charge on any atom is 0.349 e. The Morgan fingerprint density at radius 1 is 0.920 bits per heavy atom. The van der Waals surface area contributed by atoms with Gasteiger partial charge in [0.05, 0.1) is 0 Å². The van der Waals surface area contributed by atoms with Crippen molar-refractivity contribution < 1.29 is 18.7 Å². The average Bonchev–Trinajstić information content (AvgIpc) is 2.56. The molecule has 0 spiro atoms. The lowest BCUT2D eigenvalue weighted by atomic mass is 10.1. The van der Waals surface area contributed by atoms with E-state index in [-0.39, 0.29) is 6.61 Å². The predicted octanol–water partition coefficient (Wildman–Crippen LogP) is 3.70. The van der Waals surface area contributed by atoms with E-state index >= 15 is 0 Å². The Bertz CT molecular complexity index is 1000. The van der Waals surface area contributed by atoms with E-state index in [0.29, 0.717) is 17.1 Å². The van der Waals surface area contributed by atoms with Gasteiger partial charge in [0.2, 0.25) is 0 Å². The molecule has 0 bridgehead atoms. The number of hydrogen-bond donors (Lipinski definition) is 0. The summed E-state index contributed by atoms with van der Waals surface area (Å²) in [6.07, 6.45) is 0. The Labute approximate surface area is 144 Å². The lowest BCUT2D eigenvalue weighted by Crippen LogP contribution is -2.17. The fourth-order valence-corrected chi connectivity index (χ4v) is 2.48. The highest BCUT2D eigenvalue weighted by Crippen LogP contribution is 2.22. The summed E-state index contributed by atoms with van der Waals surface area (Å²) in [5, 5.41) is 0.824. The van der Waals surface area contributed by atoms with E-state index in [2.05, 4.69) is 0 Å². The van der Waals surface area contributed by atoms with E-state index in [1.54, 1.807) is 30.3 Å². The van der Waals surface area contributed by atoms with Gasteiger partial charge in [-0.15, -0.1) is 0 Å².